The summed E-state index contributed by atoms with van der Waals surface area (Å²) in [6.07, 6.45) is 9.22. The maximum atomic E-state index is 6.77. The molecule has 3 heteroatoms. The van der Waals surface area contributed by atoms with E-state index in [2.05, 4.69) is 72.8 Å². The normalized spacial score (nSPS) is 26.2. The second-order valence-electron chi connectivity index (χ2n) is 6.99. The van der Waals surface area contributed by atoms with Crippen molar-refractivity contribution in [2.75, 3.05) is 0 Å². The van der Waals surface area contributed by atoms with Crippen LogP contribution in [0.5, 0.6) is 0 Å². The predicted octanol–water partition coefficient (Wildman–Crippen LogP) is 6.07. The third-order valence-corrected chi connectivity index (χ3v) is 10.4. The Hall–Kier alpha value is -1.12. The molecular formula is C21H19ClOTi. The van der Waals surface area contributed by atoms with E-state index in [1.165, 1.54) is 22.3 Å². The Morgan fingerprint density at radius 3 is 1.83 bits per heavy atom. The molecule has 0 spiro atoms. The molecule has 5 rings (SSSR count). The van der Waals surface area contributed by atoms with Crippen molar-refractivity contribution in [3.8, 4) is 0 Å². The molecule has 0 aromatic heterocycles. The molecule has 2 unspecified atom stereocenters. The van der Waals surface area contributed by atoms with Gasteiger partial charge >= 0.3 is 151 Å². The number of hydrogen-bond donors (Lipinski definition) is 0. The average Bonchev–Trinajstić information content (AvgIpc) is 3.03. The summed E-state index contributed by atoms with van der Waals surface area (Å²) in [5.41, 5.74) is 5.39. The molecule has 2 aromatic rings. The molecule has 1 aliphatic heterocycles. The molecule has 0 amide bonds. The SMILES string of the molecule is [Cl][Ti]1([O]C(C2C=Cc3ccccc32)C2C=Cc3ccccc32)[CH2][CH2]1. The molecule has 0 saturated carbocycles. The zero-order valence-electron chi connectivity index (χ0n) is 13.4. The van der Waals surface area contributed by atoms with E-state index in [0.29, 0.717) is 11.8 Å². The maximum absolute atomic E-state index is 6.77. The number of fused-ring (bicyclic) bond motifs is 2. The fourth-order valence-electron chi connectivity index (χ4n) is 3.96. The first kappa shape index (κ1) is 15.2. The molecule has 24 heavy (non-hydrogen) atoms. The molecule has 0 bridgehead atoms. The van der Waals surface area contributed by atoms with Crippen LogP contribution in [0.15, 0.2) is 60.7 Å². The Morgan fingerprint density at radius 1 is 0.833 bits per heavy atom. The van der Waals surface area contributed by atoms with E-state index in [9.17, 15) is 0 Å². The van der Waals surface area contributed by atoms with Crippen LogP contribution in [0, 0.1) is 0 Å². The van der Waals surface area contributed by atoms with Crippen LogP contribution in [-0.4, -0.2) is 6.10 Å². The summed E-state index contributed by atoms with van der Waals surface area (Å²) >= 11 is -2.46. The van der Waals surface area contributed by atoms with E-state index in [-0.39, 0.29) is 6.10 Å². The molecule has 2 aromatic carbocycles. The van der Waals surface area contributed by atoms with Crippen molar-refractivity contribution in [1.29, 1.82) is 0 Å². The number of halogens is 1. The predicted molar refractivity (Wildman–Crippen MR) is 96.8 cm³/mol. The number of rotatable bonds is 4. The van der Waals surface area contributed by atoms with Crippen LogP contribution in [-0.2, 0) is 19.2 Å². The van der Waals surface area contributed by atoms with Crippen LogP contribution in [0.2, 0.25) is 9.45 Å². The molecule has 120 valence electrons. The van der Waals surface area contributed by atoms with Gasteiger partial charge in [-0.25, -0.2) is 0 Å². The van der Waals surface area contributed by atoms with Gasteiger partial charge in [0.05, 0.1) is 0 Å². The van der Waals surface area contributed by atoms with Gasteiger partial charge in [-0.05, 0) is 0 Å². The minimum absolute atomic E-state index is 0.116. The first-order valence-corrected chi connectivity index (χ1v) is 13.6. The van der Waals surface area contributed by atoms with Gasteiger partial charge in [0.25, 0.3) is 0 Å². The van der Waals surface area contributed by atoms with Crippen LogP contribution in [0.25, 0.3) is 12.2 Å². The van der Waals surface area contributed by atoms with Gasteiger partial charge in [0.2, 0.25) is 0 Å². The summed E-state index contributed by atoms with van der Waals surface area (Å²) < 4.78 is 8.95. The van der Waals surface area contributed by atoms with Crippen LogP contribution in [0.1, 0.15) is 34.1 Å². The van der Waals surface area contributed by atoms with Crippen molar-refractivity contribution in [2.24, 2.45) is 0 Å². The Balaban J connectivity index is 1.55. The van der Waals surface area contributed by atoms with Crippen LogP contribution < -0.4 is 0 Å². The Morgan fingerprint density at radius 2 is 1.33 bits per heavy atom. The number of benzene rings is 2. The van der Waals surface area contributed by atoms with E-state index in [1.54, 1.807) is 0 Å². The second-order valence-corrected chi connectivity index (χ2v) is 14.5. The fourth-order valence-corrected chi connectivity index (χ4v) is 9.15. The van der Waals surface area contributed by atoms with Crippen molar-refractivity contribution in [3.05, 3.63) is 82.9 Å². The summed E-state index contributed by atoms with van der Waals surface area (Å²) in [4.78, 5) is 0. The summed E-state index contributed by atoms with van der Waals surface area (Å²) in [5, 5.41) is 0. The van der Waals surface area contributed by atoms with Gasteiger partial charge in [-0.1, -0.05) is 0 Å². The Labute approximate surface area is 150 Å². The average molecular weight is 371 g/mol. The van der Waals surface area contributed by atoms with Crippen LogP contribution >= 0.6 is 9.30 Å². The third kappa shape index (κ3) is 2.55. The van der Waals surface area contributed by atoms with Gasteiger partial charge in [-0.2, -0.15) is 0 Å². The second kappa shape index (κ2) is 5.71. The Kier molecular flexibility index (Phi) is 3.61. The topological polar surface area (TPSA) is 9.23 Å². The van der Waals surface area contributed by atoms with Crippen molar-refractivity contribution in [2.45, 2.75) is 27.4 Å². The minimum atomic E-state index is -2.46. The monoisotopic (exact) mass is 370 g/mol. The summed E-state index contributed by atoms with van der Waals surface area (Å²) in [7, 11) is 6.77. The van der Waals surface area contributed by atoms with E-state index in [0.717, 1.165) is 9.45 Å². The van der Waals surface area contributed by atoms with Gasteiger partial charge in [0.15, 0.2) is 0 Å². The third-order valence-electron chi connectivity index (χ3n) is 5.37. The van der Waals surface area contributed by atoms with Gasteiger partial charge in [-0.3, -0.25) is 0 Å². The van der Waals surface area contributed by atoms with E-state index in [1.807, 2.05) is 0 Å². The van der Waals surface area contributed by atoms with Crippen molar-refractivity contribution in [1.82, 2.24) is 0 Å². The molecule has 1 fully saturated rings. The molecule has 1 saturated heterocycles. The van der Waals surface area contributed by atoms with E-state index >= 15 is 0 Å². The Bertz CT molecular complexity index is 791. The quantitative estimate of drug-likeness (QED) is 0.594. The molecule has 2 aliphatic carbocycles. The van der Waals surface area contributed by atoms with E-state index in [4.69, 9.17) is 12.6 Å². The van der Waals surface area contributed by atoms with Gasteiger partial charge in [0, 0.05) is 0 Å². The molecule has 3 aliphatic rings. The van der Waals surface area contributed by atoms with Gasteiger partial charge in [0.1, 0.15) is 0 Å². The summed E-state index contributed by atoms with van der Waals surface area (Å²) in [5.74, 6) is 0.590. The molecule has 1 nitrogen and oxygen atoms in total. The van der Waals surface area contributed by atoms with Crippen LogP contribution in [0.4, 0.5) is 0 Å². The summed E-state index contributed by atoms with van der Waals surface area (Å²) in [6.45, 7) is 0. The van der Waals surface area contributed by atoms with Crippen LogP contribution in [0.3, 0.4) is 0 Å². The van der Waals surface area contributed by atoms with Crippen molar-refractivity contribution < 1.29 is 19.2 Å². The summed E-state index contributed by atoms with van der Waals surface area (Å²) in [6, 6.07) is 17.3. The molecule has 1 heterocycles. The van der Waals surface area contributed by atoms with E-state index < -0.39 is 15.9 Å². The molecule has 0 radical (unpaired) electrons. The van der Waals surface area contributed by atoms with Gasteiger partial charge in [-0.15, -0.1) is 0 Å². The van der Waals surface area contributed by atoms with Gasteiger partial charge < -0.3 is 0 Å². The zero-order chi connectivity index (χ0) is 16.1. The van der Waals surface area contributed by atoms with Crippen molar-refractivity contribution in [3.63, 3.8) is 0 Å². The number of hydrogen-bond acceptors (Lipinski definition) is 1. The first-order chi connectivity index (χ1) is 11.7. The molecule has 0 N–H and O–H groups in total. The zero-order valence-corrected chi connectivity index (χ0v) is 15.7. The molecular weight excluding hydrogens is 352 g/mol. The standard InChI is InChI=1S/C19H15O.C2H4.ClH.Ti/c20-19(17-11-9-13-5-1-3-7-15(13)17)18-12-10-14-6-2-4-8-16(14)18;1-2;;/h1-12,17-19H;1-2H2;1H;/q-1;;;+2/p-1. The first-order valence-electron chi connectivity index (χ1n) is 8.65. The fraction of sp³-hybridized carbons (Fsp3) is 0.238. The van der Waals surface area contributed by atoms with Crippen molar-refractivity contribution >= 4 is 21.5 Å². The molecule has 2 atom stereocenters.